The Morgan fingerprint density at radius 1 is 1.17 bits per heavy atom. The van der Waals surface area contributed by atoms with Gasteiger partial charge in [-0.25, -0.2) is 4.98 Å². The van der Waals surface area contributed by atoms with Gasteiger partial charge in [0.2, 0.25) is 0 Å². The number of esters is 1. The molecule has 1 aliphatic rings. The minimum atomic E-state index is -0.479. The summed E-state index contributed by atoms with van der Waals surface area (Å²) in [4.78, 5) is 29.3. The van der Waals surface area contributed by atoms with E-state index in [0.717, 1.165) is 5.56 Å². The Labute approximate surface area is 165 Å². The molecule has 0 bridgehead atoms. The molecule has 1 aromatic heterocycles. The van der Waals surface area contributed by atoms with Gasteiger partial charge in [-0.2, -0.15) is 5.26 Å². The molecule has 0 amide bonds. The highest BCUT2D eigenvalue weighted by molar-refractivity contribution is 5.77. The van der Waals surface area contributed by atoms with E-state index in [0.29, 0.717) is 35.6 Å². The first kappa shape index (κ1) is 18.5. The molecule has 0 saturated heterocycles. The summed E-state index contributed by atoms with van der Waals surface area (Å²) in [5.41, 5.74) is 0.875. The van der Waals surface area contributed by atoms with E-state index in [1.165, 1.54) is 4.57 Å². The smallest absolute Gasteiger partial charge is 0.310 e. The topological polar surface area (TPSA) is 103 Å². The summed E-state index contributed by atoms with van der Waals surface area (Å²) in [5, 5.41) is 9.45. The van der Waals surface area contributed by atoms with Crippen molar-refractivity contribution in [2.75, 3.05) is 13.2 Å². The number of nitriles is 1. The molecule has 2 heterocycles. The summed E-state index contributed by atoms with van der Waals surface area (Å²) in [7, 11) is 0. The van der Waals surface area contributed by atoms with Crippen LogP contribution in [0.5, 0.6) is 11.5 Å². The Morgan fingerprint density at radius 2 is 1.97 bits per heavy atom. The second-order valence-electron chi connectivity index (χ2n) is 6.41. The highest BCUT2D eigenvalue weighted by Gasteiger charge is 2.15. The Hall–Kier alpha value is -3.86. The molecule has 8 nitrogen and oxygen atoms in total. The molecule has 2 aromatic carbocycles. The maximum Gasteiger partial charge on any atom is 0.310 e. The number of carbonyl (C=O) groups is 1. The first-order valence-corrected chi connectivity index (χ1v) is 9.05. The van der Waals surface area contributed by atoms with E-state index in [2.05, 4.69) is 4.98 Å². The lowest BCUT2D eigenvalue weighted by molar-refractivity contribution is -0.144. The average Bonchev–Trinajstić information content (AvgIpc) is 2.74. The number of ether oxygens (including phenoxy) is 3. The normalized spacial score (nSPS) is 12.4. The van der Waals surface area contributed by atoms with E-state index in [1.807, 2.05) is 6.07 Å². The van der Waals surface area contributed by atoms with Crippen LogP contribution >= 0.6 is 0 Å². The third-order valence-electron chi connectivity index (χ3n) is 4.49. The molecule has 0 atom stereocenters. The van der Waals surface area contributed by atoms with Crippen molar-refractivity contribution < 1.29 is 19.0 Å². The van der Waals surface area contributed by atoms with Crippen LogP contribution < -0.4 is 15.0 Å². The van der Waals surface area contributed by atoms with Crippen LogP contribution in [0.1, 0.15) is 11.4 Å². The van der Waals surface area contributed by atoms with Crippen LogP contribution in [0, 0.1) is 11.3 Å². The van der Waals surface area contributed by atoms with E-state index >= 15 is 0 Å². The lowest BCUT2D eigenvalue weighted by Crippen LogP contribution is -2.26. The molecular formula is C21H17N3O5. The van der Waals surface area contributed by atoms with Gasteiger partial charge < -0.3 is 14.2 Å². The van der Waals surface area contributed by atoms with Crippen molar-refractivity contribution >= 4 is 16.9 Å². The molecule has 0 unspecified atom stereocenters. The fourth-order valence-corrected chi connectivity index (χ4v) is 3.12. The van der Waals surface area contributed by atoms with Crippen molar-refractivity contribution in [1.29, 1.82) is 5.26 Å². The molecule has 8 heteroatoms. The predicted octanol–water partition coefficient (Wildman–Crippen LogP) is 1.98. The number of carbonyl (C=O) groups excluding carboxylic acids is 1. The van der Waals surface area contributed by atoms with Gasteiger partial charge in [-0.1, -0.05) is 18.2 Å². The number of aromatic nitrogens is 2. The average molecular weight is 391 g/mol. The molecule has 0 aliphatic carbocycles. The largest absolute Gasteiger partial charge is 0.486 e. The molecule has 0 fully saturated rings. The van der Waals surface area contributed by atoms with E-state index in [-0.39, 0.29) is 31.0 Å². The molecule has 1 aliphatic heterocycles. The van der Waals surface area contributed by atoms with E-state index in [1.54, 1.807) is 42.5 Å². The lowest BCUT2D eigenvalue weighted by Gasteiger charge is -2.18. The number of benzene rings is 2. The molecule has 0 N–H and O–H groups in total. The molecule has 0 saturated carbocycles. The van der Waals surface area contributed by atoms with Crippen molar-refractivity contribution in [3.8, 4) is 17.6 Å². The zero-order valence-electron chi connectivity index (χ0n) is 15.5. The van der Waals surface area contributed by atoms with Gasteiger partial charge in [-0.3, -0.25) is 14.2 Å². The van der Waals surface area contributed by atoms with Crippen LogP contribution in [-0.4, -0.2) is 28.7 Å². The van der Waals surface area contributed by atoms with Gasteiger partial charge >= 0.3 is 5.97 Å². The van der Waals surface area contributed by atoms with E-state index < -0.39 is 5.97 Å². The molecule has 0 spiro atoms. The quantitative estimate of drug-likeness (QED) is 0.613. The van der Waals surface area contributed by atoms with Crippen LogP contribution in [0.2, 0.25) is 0 Å². The minimum Gasteiger partial charge on any atom is -0.486 e. The summed E-state index contributed by atoms with van der Waals surface area (Å²) in [6, 6.07) is 14.1. The first-order valence-electron chi connectivity index (χ1n) is 9.05. The van der Waals surface area contributed by atoms with Crippen LogP contribution in [0.4, 0.5) is 0 Å². The third kappa shape index (κ3) is 3.89. The third-order valence-corrected chi connectivity index (χ3v) is 4.49. The van der Waals surface area contributed by atoms with Crippen molar-refractivity contribution in [3.63, 3.8) is 0 Å². The number of para-hydroxylation sites is 1. The number of rotatable bonds is 5. The van der Waals surface area contributed by atoms with Crippen molar-refractivity contribution in [2.24, 2.45) is 0 Å². The zero-order chi connectivity index (χ0) is 20.2. The van der Waals surface area contributed by atoms with Gasteiger partial charge in [0.05, 0.1) is 23.4 Å². The van der Waals surface area contributed by atoms with Gasteiger partial charge in [-0.15, -0.1) is 0 Å². The van der Waals surface area contributed by atoms with Crippen molar-refractivity contribution in [2.45, 2.75) is 19.6 Å². The summed E-state index contributed by atoms with van der Waals surface area (Å²) in [6.45, 7) is 0.583. The number of nitrogens with zero attached hydrogens (tertiary/aromatic N) is 3. The Balaban J connectivity index is 1.50. The van der Waals surface area contributed by atoms with Crippen LogP contribution in [0.3, 0.4) is 0 Å². The SMILES string of the molecule is N#CCn1c(COC(=O)Cc2ccc3c(c2)OCCO3)nc2ccccc2c1=O. The fraction of sp³-hybridized carbons (Fsp3) is 0.238. The molecular weight excluding hydrogens is 374 g/mol. The van der Waals surface area contributed by atoms with Gasteiger partial charge in [0.1, 0.15) is 26.4 Å². The Kier molecular flexibility index (Phi) is 5.12. The monoisotopic (exact) mass is 391 g/mol. The van der Waals surface area contributed by atoms with E-state index in [4.69, 9.17) is 19.5 Å². The molecule has 4 rings (SSSR count). The summed E-state index contributed by atoms with van der Waals surface area (Å²) >= 11 is 0. The van der Waals surface area contributed by atoms with Crippen LogP contribution in [0.25, 0.3) is 10.9 Å². The minimum absolute atomic E-state index is 0.0344. The maximum absolute atomic E-state index is 12.6. The Bertz CT molecular complexity index is 1180. The highest BCUT2D eigenvalue weighted by atomic mass is 16.6. The highest BCUT2D eigenvalue weighted by Crippen LogP contribution is 2.30. The van der Waals surface area contributed by atoms with Gasteiger partial charge in [-0.05, 0) is 29.8 Å². The van der Waals surface area contributed by atoms with Gasteiger partial charge in [0, 0.05) is 0 Å². The Morgan fingerprint density at radius 3 is 2.79 bits per heavy atom. The van der Waals surface area contributed by atoms with E-state index in [9.17, 15) is 9.59 Å². The second-order valence-corrected chi connectivity index (χ2v) is 6.41. The summed E-state index contributed by atoms with van der Waals surface area (Å²) in [5.74, 6) is 0.994. The standard InChI is InChI=1S/C21H17N3O5/c22-7-8-24-19(23-16-4-2-1-3-15(16)21(24)26)13-29-20(25)12-14-5-6-17-18(11-14)28-10-9-27-17/h1-6,11H,8-10,12-13H2. The first-order chi connectivity index (χ1) is 14.2. The molecule has 146 valence electrons. The fourth-order valence-electron chi connectivity index (χ4n) is 3.12. The maximum atomic E-state index is 12.6. The van der Waals surface area contributed by atoms with Crippen molar-refractivity contribution in [1.82, 2.24) is 9.55 Å². The van der Waals surface area contributed by atoms with Gasteiger partial charge in [0.25, 0.3) is 5.56 Å². The van der Waals surface area contributed by atoms with Crippen LogP contribution in [0.15, 0.2) is 47.3 Å². The predicted molar refractivity (Wildman–Crippen MR) is 103 cm³/mol. The summed E-state index contributed by atoms with van der Waals surface area (Å²) < 4.78 is 17.5. The van der Waals surface area contributed by atoms with Crippen LogP contribution in [-0.2, 0) is 29.1 Å². The molecule has 29 heavy (non-hydrogen) atoms. The number of fused-ring (bicyclic) bond motifs is 2. The number of hydrogen-bond acceptors (Lipinski definition) is 7. The number of hydrogen-bond donors (Lipinski definition) is 0. The lowest BCUT2D eigenvalue weighted by atomic mass is 10.1. The van der Waals surface area contributed by atoms with Gasteiger partial charge in [0.15, 0.2) is 17.3 Å². The summed E-state index contributed by atoms with van der Waals surface area (Å²) in [6.07, 6.45) is 0.0344. The molecule has 0 radical (unpaired) electrons. The zero-order valence-corrected chi connectivity index (χ0v) is 15.5. The molecule has 3 aromatic rings. The van der Waals surface area contributed by atoms with Crippen molar-refractivity contribution in [3.05, 3.63) is 64.2 Å². The second kappa shape index (κ2) is 8.02.